The molecule has 15 heavy (non-hydrogen) atoms. The molecule has 0 aliphatic rings. The SMILES string of the molecule is CCC(C)Sc1ccc(Cl)cc1CNC. The molecule has 1 unspecified atom stereocenters. The number of nitrogens with one attached hydrogen (secondary N) is 1. The molecule has 84 valence electrons. The van der Waals surface area contributed by atoms with Crippen molar-refractivity contribution in [3.05, 3.63) is 28.8 Å². The van der Waals surface area contributed by atoms with Gasteiger partial charge >= 0.3 is 0 Å². The van der Waals surface area contributed by atoms with E-state index in [1.165, 1.54) is 16.9 Å². The zero-order valence-corrected chi connectivity index (χ0v) is 11.1. The Morgan fingerprint density at radius 1 is 1.47 bits per heavy atom. The summed E-state index contributed by atoms with van der Waals surface area (Å²) in [5.74, 6) is 0. The summed E-state index contributed by atoms with van der Waals surface area (Å²) in [5, 5.41) is 4.64. The van der Waals surface area contributed by atoms with Gasteiger partial charge in [0.25, 0.3) is 0 Å². The lowest BCUT2D eigenvalue weighted by Gasteiger charge is -2.13. The van der Waals surface area contributed by atoms with E-state index in [1.54, 1.807) is 0 Å². The highest BCUT2D eigenvalue weighted by Gasteiger charge is 2.07. The molecule has 0 aliphatic heterocycles. The lowest BCUT2D eigenvalue weighted by molar-refractivity contribution is 0.802. The zero-order valence-electron chi connectivity index (χ0n) is 9.51. The summed E-state index contributed by atoms with van der Waals surface area (Å²) >= 11 is 7.91. The normalized spacial score (nSPS) is 12.8. The molecule has 0 aromatic heterocycles. The van der Waals surface area contributed by atoms with Gasteiger partial charge in [0.15, 0.2) is 0 Å². The first-order chi connectivity index (χ1) is 7.17. The summed E-state index contributed by atoms with van der Waals surface area (Å²) in [6, 6.07) is 6.13. The van der Waals surface area contributed by atoms with Crippen molar-refractivity contribution < 1.29 is 0 Å². The molecule has 1 aromatic carbocycles. The van der Waals surface area contributed by atoms with Crippen LogP contribution in [-0.4, -0.2) is 12.3 Å². The lowest BCUT2D eigenvalue weighted by Crippen LogP contribution is -2.07. The standard InChI is InChI=1S/C12H18ClNS/c1-4-9(2)15-12-6-5-11(13)7-10(12)8-14-3/h5-7,9,14H,4,8H2,1-3H3. The minimum absolute atomic E-state index is 0.654. The van der Waals surface area contributed by atoms with Crippen LogP contribution in [-0.2, 0) is 6.54 Å². The highest BCUT2D eigenvalue weighted by molar-refractivity contribution is 8.00. The number of hydrogen-bond donors (Lipinski definition) is 1. The highest BCUT2D eigenvalue weighted by atomic mass is 35.5. The van der Waals surface area contributed by atoms with E-state index in [9.17, 15) is 0 Å². The van der Waals surface area contributed by atoms with Crippen LogP contribution in [0.15, 0.2) is 23.1 Å². The summed E-state index contributed by atoms with van der Waals surface area (Å²) in [7, 11) is 1.96. The van der Waals surface area contributed by atoms with E-state index in [0.29, 0.717) is 5.25 Å². The van der Waals surface area contributed by atoms with Crippen molar-refractivity contribution in [1.82, 2.24) is 5.32 Å². The second kappa shape index (κ2) is 6.41. The van der Waals surface area contributed by atoms with Gasteiger partial charge in [0.05, 0.1) is 0 Å². The molecule has 0 amide bonds. The van der Waals surface area contributed by atoms with Crippen molar-refractivity contribution in [3.8, 4) is 0 Å². The van der Waals surface area contributed by atoms with Crippen molar-refractivity contribution >= 4 is 23.4 Å². The van der Waals surface area contributed by atoms with Gasteiger partial charge in [-0.15, -0.1) is 11.8 Å². The van der Waals surface area contributed by atoms with Crippen LogP contribution < -0.4 is 5.32 Å². The first-order valence-corrected chi connectivity index (χ1v) is 6.52. The van der Waals surface area contributed by atoms with Crippen LogP contribution in [0, 0.1) is 0 Å². The molecule has 0 radical (unpaired) electrons. The molecule has 0 heterocycles. The molecule has 1 nitrogen and oxygen atoms in total. The molecule has 0 fully saturated rings. The Morgan fingerprint density at radius 3 is 2.80 bits per heavy atom. The summed E-state index contributed by atoms with van der Waals surface area (Å²) in [6.45, 7) is 5.34. The molecular formula is C12H18ClNS. The molecule has 0 saturated heterocycles. The molecule has 0 bridgehead atoms. The van der Waals surface area contributed by atoms with E-state index >= 15 is 0 Å². The monoisotopic (exact) mass is 243 g/mol. The van der Waals surface area contributed by atoms with E-state index < -0.39 is 0 Å². The average molecular weight is 244 g/mol. The Kier molecular flexibility index (Phi) is 5.51. The van der Waals surface area contributed by atoms with Gasteiger partial charge in [0.1, 0.15) is 0 Å². The van der Waals surface area contributed by atoms with Crippen LogP contribution >= 0.6 is 23.4 Å². The third kappa shape index (κ3) is 4.06. The fourth-order valence-electron chi connectivity index (χ4n) is 1.29. The quantitative estimate of drug-likeness (QED) is 0.786. The Labute approximate surface area is 102 Å². The van der Waals surface area contributed by atoms with Crippen LogP contribution in [0.2, 0.25) is 5.02 Å². The fraction of sp³-hybridized carbons (Fsp3) is 0.500. The van der Waals surface area contributed by atoms with E-state index in [0.717, 1.165) is 11.6 Å². The van der Waals surface area contributed by atoms with Crippen LogP contribution in [0.4, 0.5) is 0 Å². The summed E-state index contributed by atoms with van der Waals surface area (Å²) in [4.78, 5) is 1.34. The molecule has 0 aliphatic carbocycles. The van der Waals surface area contributed by atoms with Crippen LogP contribution in [0.3, 0.4) is 0 Å². The van der Waals surface area contributed by atoms with Gasteiger partial charge in [-0.1, -0.05) is 25.4 Å². The van der Waals surface area contributed by atoms with Crippen molar-refractivity contribution in [3.63, 3.8) is 0 Å². The third-order valence-corrected chi connectivity index (χ3v) is 3.92. The molecule has 1 rings (SSSR count). The predicted molar refractivity (Wildman–Crippen MR) is 69.8 cm³/mol. The van der Waals surface area contributed by atoms with Crippen molar-refractivity contribution in [1.29, 1.82) is 0 Å². The van der Waals surface area contributed by atoms with E-state index in [-0.39, 0.29) is 0 Å². The summed E-state index contributed by atoms with van der Waals surface area (Å²) in [5.41, 5.74) is 1.29. The second-order valence-corrected chi connectivity index (χ2v) is 5.54. The number of hydrogen-bond acceptors (Lipinski definition) is 2. The van der Waals surface area contributed by atoms with Crippen LogP contribution in [0.5, 0.6) is 0 Å². The summed E-state index contributed by atoms with van der Waals surface area (Å²) in [6.07, 6.45) is 1.19. The third-order valence-electron chi connectivity index (χ3n) is 2.29. The second-order valence-electron chi connectivity index (χ2n) is 3.62. The number of benzene rings is 1. The molecule has 0 spiro atoms. The fourth-order valence-corrected chi connectivity index (χ4v) is 2.52. The Balaban J connectivity index is 2.85. The van der Waals surface area contributed by atoms with Crippen molar-refractivity contribution in [2.75, 3.05) is 7.05 Å². The molecule has 1 atom stereocenters. The van der Waals surface area contributed by atoms with Gasteiger partial charge in [0, 0.05) is 21.7 Å². The minimum atomic E-state index is 0.654. The van der Waals surface area contributed by atoms with Gasteiger partial charge in [-0.2, -0.15) is 0 Å². The van der Waals surface area contributed by atoms with E-state index in [4.69, 9.17) is 11.6 Å². The number of rotatable bonds is 5. The van der Waals surface area contributed by atoms with Gasteiger partial charge < -0.3 is 5.32 Å². The average Bonchev–Trinajstić information content (AvgIpc) is 2.22. The molecule has 0 saturated carbocycles. The Morgan fingerprint density at radius 2 is 2.20 bits per heavy atom. The predicted octanol–water partition coefficient (Wildman–Crippen LogP) is 3.95. The topological polar surface area (TPSA) is 12.0 Å². The van der Waals surface area contributed by atoms with Gasteiger partial charge in [-0.25, -0.2) is 0 Å². The largest absolute Gasteiger partial charge is 0.316 e. The van der Waals surface area contributed by atoms with Crippen LogP contribution in [0.1, 0.15) is 25.8 Å². The van der Waals surface area contributed by atoms with E-state index in [2.05, 4.69) is 25.2 Å². The van der Waals surface area contributed by atoms with Crippen LogP contribution in [0.25, 0.3) is 0 Å². The van der Waals surface area contributed by atoms with Gasteiger partial charge in [-0.3, -0.25) is 0 Å². The zero-order chi connectivity index (χ0) is 11.3. The maximum Gasteiger partial charge on any atom is 0.0410 e. The first-order valence-electron chi connectivity index (χ1n) is 5.27. The smallest absolute Gasteiger partial charge is 0.0410 e. The van der Waals surface area contributed by atoms with Gasteiger partial charge in [-0.05, 0) is 37.2 Å². The maximum absolute atomic E-state index is 5.99. The Hall–Kier alpha value is -0.180. The van der Waals surface area contributed by atoms with Gasteiger partial charge in [0.2, 0.25) is 0 Å². The summed E-state index contributed by atoms with van der Waals surface area (Å²) < 4.78 is 0. The maximum atomic E-state index is 5.99. The Bertz CT molecular complexity index is 314. The highest BCUT2D eigenvalue weighted by Crippen LogP contribution is 2.30. The lowest BCUT2D eigenvalue weighted by atomic mass is 10.2. The molecule has 3 heteroatoms. The minimum Gasteiger partial charge on any atom is -0.316 e. The first kappa shape index (κ1) is 12.9. The van der Waals surface area contributed by atoms with E-state index in [1.807, 2.05) is 30.9 Å². The van der Waals surface area contributed by atoms with Crippen molar-refractivity contribution in [2.45, 2.75) is 37.0 Å². The number of halogens is 1. The van der Waals surface area contributed by atoms with Crippen molar-refractivity contribution in [2.24, 2.45) is 0 Å². The number of thioether (sulfide) groups is 1. The molecule has 1 aromatic rings. The molecular weight excluding hydrogens is 226 g/mol. The molecule has 1 N–H and O–H groups in total.